The second-order valence-corrected chi connectivity index (χ2v) is 6.96. The minimum Gasteiger partial charge on any atom is -0.294 e. The molecular weight excluding hydrogens is 322 g/mol. The van der Waals surface area contributed by atoms with Crippen molar-refractivity contribution in [3.05, 3.63) is 64.7 Å². The fraction of sp³-hybridized carbons (Fsp3) is 0.188. The average molecular weight is 338 g/mol. The Morgan fingerprint density at radius 3 is 2.45 bits per heavy atom. The molecule has 2 aromatic carbocycles. The van der Waals surface area contributed by atoms with E-state index >= 15 is 0 Å². The van der Waals surface area contributed by atoms with E-state index in [9.17, 15) is 13.2 Å². The van der Waals surface area contributed by atoms with Gasteiger partial charge in [-0.25, -0.2) is 13.1 Å². The van der Waals surface area contributed by atoms with Gasteiger partial charge in [0.15, 0.2) is 5.78 Å². The lowest BCUT2D eigenvalue weighted by molar-refractivity contribution is 0.0988. The van der Waals surface area contributed by atoms with Crippen LogP contribution in [0.1, 0.15) is 29.3 Å². The van der Waals surface area contributed by atoms with Gasteiger partial charge in [0.2, 0.25) is 10.0 Å². The predicted octanol–water partition coefficient (Wildman–Crippen LogP) is 3.41. The highest BCUT2D eigenvalue weighted by atomic mass is 35.5. The standard InChI is InChI=1S/C16H16ClNO3S/c1-2-16(19)13-4-3-5-15(10-13)22(20,21)18-11-12-6-8-14(17)9-7-12/h3-10,18H,2,11H2,1H3. The summed E-state index contributed by atoms with van der Waals surface area (Å²) in [6.07, 6.45) is 0.335. The second-order valence-electron chi connectivity index (χ2n) is 4.76. The molecule has 0 heterocycles. The van der Waals surface area contributed by atoms with E-state index in [0.717, 1.165) is 5.56 Å². The van der Waals surface area contributed by atoms with Crippen molar-refractivity contribution in [2.75, 3.05) is 0 Å². The molecular formula is C16H16ClNO3S. The molecule has 2 aromatic rings. The minimum absolute atomic E-state index is 0.0840. The van der Waals surface area contributed by atoms with Crippen molar-refractivity contribution in [3.8, 4) is 0 Å². The van der Waals surface area contributed by atoms with Crippen LogP contribution in [0.4, 0.5) is 0 Å². The molecule has 0 aromatic heterocycles. The van der Waals surface area contributed by atoms with Crippen LogP contribution in [-0.4, -0.2) is 14.2 Å². The summed E-state index contributed by atoms with van der Waals surface area (Å²) in [7, 11) is -3.67. The van der Waals surface area contributed by atoms with Crippen LogP contribution in [0.2, 0.25) is 5.02 Å². The van der Waals surface area contributed by atoms with E-state index < -0.39 is 10.0 Å². The van der Waals surface area contributed by atoms with E-state index in [1.807, 2.05) is 0 Å². The van der Waals surface area contributed by atoms with Crippen molar-refractivity contribution >= 4 is 27.4 Å². The van der Waals surface area contributed by atoms with Crippen molar-refractivity contribution in [3.63, 3.8) is 0 Å². The molecule has 0 aliphatic carbocycles. The van der Waals surface area contributed by atoms with Crippen molar-refractivity contribution in [1.29, 1.82) is 0 Å². The quantitative estimate of drug-likeness (QED) is 0.821. The molecule has 4 nitrogen and oxygen atoms in total. The molecule has 0 amide bonds. The SMILES string of the molecule is CCC(=O)c1cccc(S(=O)(=O)NCc2ccc(Cl)cc2)c1. The molecule has 1 N–H and O–H groups in total. The van der Waals surface area contributed by atoms with E-state index in [4.69, 9.17) is 11.6 Å². The van der Waals surface area contributed by atoms with Gasteiger partial charge >= 0.3 is 0 Å². The summed E-state index contributed by atoms with van der Waals surface area (Å²) in [6.45, 7) is 1.90. The number of sulfonamides is 1. The number of hydrogen-bond donors (Lipinski definition) is 1. The smallest absolute Gasteiger partial charge is 0.240 e. The summed E-state index contributed by atoms with van der Waals surface area (Å²) >= 11 is 5.79. The molecule has 116 valence electrons. The zero-order valence-corrected chi connectivity index (χ0v) is 13.6. The highest BCUT2D eigenvalue weighted by Gasteiger charge is 2.15. The lowest BCUT2D eigenvalue weighted by Crippen LogP contribution is -2.23. The Kier molecular flexibility index (Phi) is 5.34. The zero-order chi connectivity index (χ0) is 16.2. The first-order valence-electron chi connectivity index (χ1n) is 6.80. The van der Waals surface area contributed by atoms with Gasteiger partial charge in [0.1, 0.15) is 0 Å². The third-order valence-corrected chi connectivity index (χ3v) is 4.82. The Labute approximate surface area is 135 Å². The number of halogens is 1. The lowest BCUT2D eigenvalue weighted by atomic mass is 10.1. The largest absolute Gasteiger partial charge is 0.294 e. The van der Waals surface area contributed by atoms with Crippen LogP contribution in [0.25, 0.3) is 0 Å². The Balaban J connectivity index is 2.16. The average Bonchev–Trinajstić information content (AvgIpc) is 2.54. The van der Waals surface area contributed by atoms with Gasteiger partial charge < -0.3 is 0 Å². The number of benzene rings is 2. The number of hydrogen-bond acceptors (Lipinski definition) is 3. The lowest BCUT2D eigenvalue weighted by Gasteiger charge is -2.08. The third kappa shape index (κ3) is 4.16. The minimum atomic E-state index is -3.67. The maximum atomic E-state index is 12.3. The molecule has 22 heavy (non-hydrogen) atoms. The van der Waals surface area contributed by atoms with Crippen molar-refractivity contribution in [2.24, 2.45) is 0 Å². The highest BCUT2D eigenvalue weighted by Crippen LogP contribution is 2.14. The monoisotopic (exact) mass is 337 g/mol. The molecule has 0 saturated heterocycles. The number of Topliss-reactive ketones (excluding diaryl/α,β-unsaturated/α-hetero) is 1. The Bertz CT molecular complexity index is 770. The van der Waals surface area contributed by atoms with E-state index in [1.54, 1.807) is 43.3 Å². The van der Waals surface area contributed by atoms with Crippen molar-refractivity contribution in [2.45, 2.75) is 24.8 Å². The van der Waals surface area contributed by atoms with Gasteiger partial charge in [-0.2, -0.15) is 0 Å². The van der Waals surface area contributed by atoms with E-state index in [2.05, 4.69) is 4.72 Å². The molecule has 0 aliphatic rings. The van der Waals surface area contributed by atoms with Crippen LogP contribution in [0.5, 0.6) is 0 Å². The topological polar surface area (TPSA) is 63.2 Å². The van der Waals surface area contributed by atoms with Gasteiger partial charge in [-0.1, -0.05) is 42.8 Å². The van der Waals surface area contributed by atoms with Gasteiger partial charge in [-0.15, -0.1) is 0 Å². The molecule has 0 fully saturated rings. The summed E-state index contributed by atoms with van der Waals surface area (Å²) < 4.78 is 27.1. The predicted molar refractivity (Wildman–Crippen MR) is 86.5 cm³/mol. The number of carbonyl (C=O) groups is 1. The Morgan fingerprint density at radius 1 is 1.14 bits per heavy atom. The fourth-order valence-corrected chi connectivity index (χ4v) is 3.09. The molecule has 0 radical (unpaired) electrons. The molecule has 0 unspecified atom stereocenters. The number of ketones is 1. The normalized spacial score (nSPS) is 11.4. The van der Waals surface area contributed by atoms with Gasteiger partial charge in [0.05, 0.1) is 4.90 Å². The summed E-state index contributed by atoms with van der Waals surface area (Å²) in [5.74, 6) is -0.0882. The second kappa shape index (κ2) is 7.05. The Hall–Kier alpha value is -1.69. The third-order valence-electron chi connectivity index (χ3n) is 3.17. The molecule has 6 heteroatoms. The molecule has 0 atom stereocenters. The van der Waals surface area contributed by atoms with Gasteiger partial charge in [0.25, 0.3) is 0 Å². The number of carbonyl (C=O) groups excluding carboxylic acids is 1. The van der Waals surface area contributed by atoms with Crippen molar-refractivity contribution < 1.29 is 13.2 Å². The Morgan fingerprint density at radius 2 is 1.82 bits per heavy atom. The summed E-state index contributed by atoms with van der Waals surface area (Å²) in [5, 5.41) is 0.595. The summed E-state index contributed by atoms with van der Waals surface area (Å²) in [4.78, 5) is 11.8. The first-order valence-corrected chi connectivity index (χ1v) is 8.66. The number of nitrogens with one attached hydrogen (secondary N) is 1. The van der Waals surface area contributed by atoms with E-state index in [1.165, 1.54) is 12.1 Å². The van der Waals surface area contributed by atoms with Gasteiger partial charge in [0, 0.05) is 23.6 Å². The first-order chi connectivity index (χ1) is 10.4. The van der Waals surface area contributed by atoms with Crippen LogP contribution in [-0.2, 0) is 16.6 Å². The zero-order valence-electron chi connectivity index (χ0n) is 12.0. The first kappa shape index (κ1) is 16.7. The molecule has 0 saturated carbocycles. The maximum absolute atomic E-state index is 12.3. The molecule has 2 rings (SSSR count). The van der Waals surface area contributed by atoms with E-state index in [0.29, 0.717) is 17.0 Å². The van der Waals surface area contributed by atoms with Crippen LogP contribution in [0.3, 0.4) is 0 Å². The fourth-order valence-electron chi connectivity index (χ4n) is 1.90. The van der Waals surface area contributed by atoms with Gasteiger partial charge in [-0.3, -0.25) is 4.79 Å². The van der Waals surface area contributed by atoms with Crippen LogP contribution < -0.4 is 4.72 Å². The van der Waals surface area contributed by atoms with Crippen molar-refractivity contribution in [1.82, 2.24) is 4.72 Å². The maximum Gasteiger partial charge on any atom is 0.240 e. The summed E-state index contributed by atoms with van der Waals surface area (Å²) in [6, 6.07) is 13.0. The number of rotatable bonds is 6. The molecule has 0 aliphatic heterocycles. The van der Waals surface area contributed by atoms with Crippen LogP contribution >= 0.6 is 11.6 Å². The van der Waals surface area contributed by atoms with E-state index in [-0.39, 0.29) is 17.2 Å². The molecule has 0 spiro atoms. The van der Waals surface area contributed by atoms with Crippen LogP contribution in [0.15, 0.2) is 53.4 Å². The van der Waals surface area contributed by atoms with Gasteiger partial charge in [-0.05, 0) is 29.8 Å². The summed E-state index contributed by atoms with van der Waals surface area (Å²) in [5.41, 5.74) is 1.20. The highest BCUT2D eigenvalue weighted by molar-refractivity contribution is 7.89. The van der Waals surface area contributed by atoms with Crippen LogP contribution in [0, 0.1) is 0 Å². The molecule has 0 bridgehead atoms.